The number of hydrogen-bond donors (Lipinski definition) is 3. The van der Waals surface area contributed by atoms with Gasteiger partial charge in [0.25, 0.3) is 11.5 Å². The lowest BCUT2D eigenvalue weighted by molar-refractivity contribution is 0.0952. The highest BCUT2D eigenvalue weighted by atomic mass is 32.1. The Morgan fingerprint density at radius 3 is 2.75 bits per heavy atom. The summed E-state index contributed by atoms with van der Waals surface area (Å²) in [6.07, 6.45) is 0. The Kier molecular flexibility index (Phi) is 2.84. The van der Waals surface area contributed by atoms with Crippen molar-refractivity contribution in [2.75, 3.05) is 0 Å². The normalized spacial score (nSPS) is 10.1. The molecule has 5 nitrogen and oxygen atoms in total. The Morgan fingerprint density at radius 2 is 2.19 bits per heavy atom. The Morgan fingerprint density at radius 1 is 1.38 bits per heavy atom. The number of nitrogens with one attached hydrogen (secondary N) is 2. The lowest BCUT2D eigenvalue weighted by Crippen LogP contribution is -2.34. The number of rotatable bonds is 2. The maximum absolute atomic E-state index is 11.6. The number of pyridine rings is 1. The Bertz CT molecular complexity index is 560. The monoisotopic (exact) mass is 235 g/mol. The number of carbonyl (C=O) groups is 1. The summed E-state index contributed by atoms with van der Waals surface area (Å²) in [5.41, 5.74) is 2.16. The molecule has 0 spiro atoms. The van der Waals surface area contributed by atoms with E-state index >= 15 is 0 Å². The highest BCUT2D eigenvalue weighted by Crippen LogP contribution is 2.21. The van der Waals surface area contributed by atoms with Crippen LogP contribution in [0.3, 0.4) is 0 Å². The standard InChI is InChI=1S/C10H9N3O2S/c11-13-10(15)6-3-4-7(12-9(6)14)8-2-1-5-16-8/h1-5H,11H2,(H,12,14)(H,13,15). The van der Waals surface area contributed by atoms with Crippen LogP contribution in [-0.4, -0.2) is 10.9 Å². The van der Waals surface area contributed by atoms with E-state index in [2.05, 4.69) is 4.98 Å². The molecule has 16 heavy (non-hydrogen) atoms. The first kappa shape index (κ1) is 10.6. The van der Waals surface area contributed by atoms with Crippen LogP contribution < -0.4 is 16.8 Å². The SMILES string of the molecule is NNC(=O)c1ccc(-c2cccs2)[nH]c1=O. The van der Waals surface area contributed by atoms with Crippen LogP contribution >= 0.6 is 11.3 Å². The van der Waals surface area contributed by atoms with E-state index in [-0.39, 0.29) is 5.56 Å². The van der Waals surface area contributed by atoms with E-state index < -0.39 is 11.5 Å². The number of nitrogen functional groups attached to an aromatic ring is 1. The summed E-state index contributed by atoms with van der Waals surface area (Å²) in [7, 11) is 0. The Hall–Kier alpha value is -1.92. The predicted molar refractivity (Wildman–Crippen MR) is 62.0 cm³/mol. The number of H-pyrrole nitrogens is 1. The number of hydrogen-bond acceptors (Lipinski definition) is 4. The van der Waals surface area contributed by atoms with Crippen LogP contribution in [0.5, 0.6) is 0 Å². The molecule has 0 unspecified atom stereocenters. The van der Waals surface area contributed by atoms with Crippen LogP contribution in [0.25, 0.3) is 10.6 Å². The third-order valence-corrected chi connectivity index (χ3v) is 2.97. The molecule has 0 atom stereocenters. The number of hydrazine groups is 1. The number of aromatic nitrogens is 1. The van der Waals surface area contributed by atoms with Crippen LogP contribution in [0.15, 0.2) is 34.4 Å². The zero-order valence-electron chi connectivity index (χ0n) is 8.19. The van der Waals surface area contributed by atoms with Crippen molar-refractivity contribution < 1.29 is 4.79 Å². The van der Waals surface area contributed by atoms with Crippen molar-refractivity contribution in [1.29, 1.82) is 0 Å². The summed E-state index contributed by atoms with van der Waals surface area (Å²) in [5.74, 6) is 4.36. The molecule has 82 valence electrons. The molecule has 0 aliphatic rings. The van der Waals surface area contributed by atoms with Gasteiger partial charge in [0.1, 0.15) is 5.56 Å². The molecule has 0 aliphatic heterocycles. The first-order valence-electron chi connectivity index (χ1n) is 4.50. The van der Waals surface area contributed by atoms with E-state index in [0.29, 0.717) is 5.69 Å². The van der Waals surface area contributed by atoms with E-state index in [9.17, 15) is 9.59 Å². The van der Waals surface area contributed by atoms with Crippen molar-refractivity contribution in [3.63, 3.8) is 0 Å². The molecule has 0 saturated heterocycles. The Labute approximate surface area is 94.9 Å². The van der Waals surface area contributed by atoms with E-state index in [1.165, 1.54) is 17.4 Å². The van der Waals surface area contributed by atoms with Crippen molar-refractivity contribution >= 4 is 17.2 Å². The smallest absolute Gasteiger partial charge is 0.270 e. The molecule has 2 rings (SSSR count). The first-order chi connectivity index (χ1) is 7.72. The van der Waals surface area contributed by atoms with Crippen molar-refractivity contribution in [2.45, 2.75) is 0 Å². The van der Waals surface area contributed by atoms with Crippen molar-refractivity contribution in [2.24, 2.45) is 5.84 Å². The number of nitrogens with two attached hydrogens (primary N) is 1. The Balaban J connectivity index is 2.45. The van der Waals surface area contributed by atoms with E-state index in [1.54, 1.807) is 6.07 Å². The number of carbonyl (C=O) groups excluding carboxylic acids is 1. The summed E-state index contributed by atoms with van der Waals surface area (Å²) >= 11 is 1.51. The van der Waals surface area contributed by atoms with Crippen LogP contribution in [-0.2, 0) is 0 Å². The second kappa shape index (κ2) is 4.30. The van der Waals surface area contributed by atoms with E-state index in [4.69, 9.17) is 5.84 Å². The topological polar surface area (TPSA) is 88.0 Å². The van der Waals surface area contributed by atoms with Crippen molar-refractivity contribution in [3.05, 3.63) is 45.6 Å². The quantitative estimate of drug-likeness (QED) is 0.407. The molecule has 2 heterocycles. The summed E-state index contributed by atoms with van der Waals surface area (Å²) in [6, 6.07) is 6.91. The molecule has 1 amide bonds. The fourth-order valence-electron chi connectivity index (χ4n) is 1.31. The van der Waals surface area contributed by atoms with Gasteiger partial charge in [-0.25, -0.2) is 5.84 Å². The number of amides is 1. The minimum Gasteiger partial charge on any atom is -0.321 e. The van der Waals surface area contributed by atoms with Gasteiger partial charge in [-0.1, -0.05) is 6.07 Å². The fraction of sp³-hybridized carbons (Fsp3) is 0. The maximum atomic E-state index is 11.6. The highest BCUT2D eigenvalue weighted by Gasteiger charge is 2.09. The molecule has 0 aliphatic carbocycles. The summed E-state index contributed by atoms with van der Waals surface area (Å²) in [4.78, 5) is 26.3. The molecule has 0 fully saturated rings. The average molecular weight is 235 g/mol. The minimum atomic E-state index is -0.598. The molecular weight excluding hydrogens is 226 g/mol. The molecule has 0 bridgehead atoms. The second-order valence-electron chi connectivity index (χ2n) is 3.07. The largest absolute Gasteiger partial charge is 0.321 e. The second-order valence-corrected chi connectivity index (χ2v) is 4.01. The average Bonchev–Trinajstić information content (AvgIpc) is 2.81. The van der Waals surface area contributed by atoms with Gasteiger partial charge >= 0.3 is 0 Å². The van der Waals surface area contributed by atoms with Crippen molar-refractivity contribution in [1.82, 2.24) is 10.4 Å². The van der Waals surface area contributed by atoms with E-state index in [1.807, 2.05) is 22.9 Å². The van der Waals surface area contributed by atoms with Gasteiger partial charge in [-0.2, -0.15) is 0 Å². The molecule has 0 saturated carbocycles. The third-order valence-electron chi connectivity index (χ3n) is 2.07. The van der Waals surface area contributed by atoms with Gasteiger partial charge in [-0.15, -0.1) is 11.3 Å². The zero-order chi connectivity index (χ0) is 11.5. The molecule has 2 aromatic rings. The predicted octanol–water partition coefficient (Wildman–Crippen LogP) is 0.707. The van der Waals surface area contributed by atoms with Crippen LogP contribution in [0.1, 0.15) is 10.4 Å². The van der Waals surface area contributed by atoms with Gasteiger partial charge in [0, 0.05) is 0 Å². The number of aromatic amines is 1. The molecular formula is C10H9N3O2S. The molecule has 2 aromatic heterocycles. The van der Waals surface area contributed by atoms with E-state index in [0.717, 1.165) is 4.88 Å². The van der Waals surface area contributed by atoms with Gasteiger partial charge in [0.05, 0.1) is 10.6 Å². The van der Waals surface area contributed by atoms with Gasteiger partial charge in [0.15, 0.2) is 0 Å². The minimum absolute atomic E-state index is 0.00260. The van der Waals surface area contributed by atoms with Crippen LogP contribution in [0, 0.1) is 0 Å². The zero-order valence-corrected chi connectivity index (χ0v) is 9.01. The third kappa shape index (κ3) is 1.88. The first-order valence-corrected chi connectivity index (χ1v) is 5.38. The molecule has 0 aromatic carbocycles. The van der Waals surface area contributed by atoms with Gasteiger partial charge in [-0.3, -0.25) is 15.0 Å². The van der Waals surface area contributed by atoms with Gasteiger partial charge < -0.3 is 4.98 Å². The lowest BCUT2D eigenvalue weighted by atomic mass is 10.2. The fourth-order valence-corrected chi connectivity index (χ4v) is 2.01. The van der Waals surface area contributed by atoms with Crippen LogP contribution in [0.2, 0.25) is 0 Å². The maximum Gasteiger partial charge on any atom is 0.270 e. The summed E-state index contributed by atoms with van der Waals surface area (Å²) in [5, 5.41) is 1.91. The molecule has 4 N–H and O–H groups in total. The lowest BCUT2D eigenvalue weighted by Gasteiger charge is -2.00. The number of thiophene rings is 1. The summed E-state index contributed by atoms with van der Waals surface area (Å²) in [6.45, 7) is 0. The van der Waals surface area contributed by atoms with Crippen molar-refractivity contribution in [3.8, 4) is 10.6 Å². The van der Waals surface area contributed by atoms with Gasteiger partial charge in [0.2, 0.25) is 0 Å². The van der Waals surface area contributed by atoms with Crippen LogP contribution in [0.4, 0.5) is 0 Å². The molecule has 0 radical (unpaired) electrons. The highest BCUT2D eigenvalue weighted by molar-refractivity contribution is 7.13. The molecule has 6 heteroatoms. The summed E-state index contributed by atoms with van der Waals surface area (Å²) < 4.78 is 0. The van der Waals surface area contributed by atoms with Gasteiger partial charge in [-0.05, 0) is 23.6 Å².